The van der Waals surface area contributed by atoms with E-state index in [1.54, 1.807) is 0 Å². The normalized spacial score (nSPS) is 19.8. The summed E-state index contributed by atoms with van der Waals surface area (Å²) in [4.78, 5) is 33.6. The van der Waals surface area contributed by atoms with Gasteiger partial charge in [0.25, 0.3) is 5.91 Å². The van der Waals surface area contributed by atoms with E-state index in [0.29, 0.717) is 34.5 Å². The third-order valence-electron chi connectivity index (χ3n) is 9.53. The van der Waals surface area contributed by atoms with Crippen molar-refractivity contribution in [3.8, 4) is 0 Å². The van der Waals surface area contributed by atoms with Gasteiger partial charge in [-0.1, -0.05) is 63.9 Å². The largest absolute Gasteiger partial charge is 0.371 e. The molecular weight excluding hydrogens is 593 g/mol. The van der Waals surface area contributed by atoms with Crippen LogP contribution in [0.2, 0.25) is 10.0 Å². The second-order valence-electron chi connectivity index (χ2n) is 14.2. The number of halogens is 2. The van der Waals surface area contributed by atoms with Gasteiger partial charge in [0, 0.05) is 49.6 Å². The molecule has 1 saturated heterocycles. The van der Waals surface area contributed by atoms with Gasteiger partial charge < -0.3 is 20.1 Å². The minimum atomic E-state index is -0.495. The molecule has 2 aliphatic rings. The molecule has 0 spiro atoms. The lowest BCUT2D eigenvalue weighted by molar-refractivity contribution is -0.128. The van der Waals surface area contributed by atoms with Gasteiger partial charge in [-0.25, -0.2) is 4.98 Å². The molecule has 0 atom stereocenters. The number of fused-ring (bicyclic) bond motifs is 1. The first-order chi connectivity index (χ1) is 20.8. The van der Waals surface area contributed by atoms with Crippen LogP contribution in [0.25, 0.3) is 11.0 Å². The van der Waals surface area contributed by atoms with E-state index in [1.807, 2.05) is 46.0 Å². The Morgan fingerprint density at radius 2 is 1.64 bits per heavy atom. The van der Waals surface area contributed by atoms with Crippen molar-refractivity contribution in [1.29, 1.82) is 0 Å². The molecule has 2 aromatic carbocycles. The van der Waals surface area contributed by atoms with Crippen molar-refractivity contribution >= 4 is 51.7 Å². The molecule has 1 aromatic heterocycles. The molecule has 3 aromatic rings. The first-order valence-corrected chi connectivity index (χ1v) is 16.9. The third kappa shape index (κ3) is 7.20. The highest BCUT2D eigenvalue weighted by atomic mass is 35.5. The number of nitrogens with one attached hydrogen (secondary N) is 2. The van der Waals surface area contributed by atoms with E-state index in [-0.39, 0.29) is 17.9 Å². The topological polar surface area (TPSA) is 79.3 Å². The number of carbonyl (C=O) groups excluding carboxylic acids is 2. The van der Waals surface area contributed by atoms with Gasteiger partial charge in [0.15, 0.2) is 0 Å². The van der Waals surface area contributed by atoms with E-state index in [0.717, 1.165) is 91.2 Å². The first kappa shape index (κ1) is 32.6. The highest BCUT2D eigenvalue weighted by Gasteiger charge is 2.27. The van der Waals surface area contributed by atoms with Crippen LogP contribution in [0.4, 0.5) is 5.69 Å². The highest BCUT2D eigenvalue weighted by molar-refractivity contribution is 6.36. The number of imidazole rings is 1. The zero-order valence-corrected chi connectivity index (χ0v) is 28.5. The molecule has 2 fully saturated rings. The maximum Gasteiger partial charge on any atom is 0.253 e. The Labute approximate surface area is 272 Å². The summed E-state index contributed by atoms with van der Waals surface area (Å²) in [6, 6.07) is 8.01. The third-order valence-corrected chi connectivity index (χ3v) is 10.4. The van der Waals surface area contributed by atoms with Crippen LogP contribution in [0.1, 0.15) is 100 Å². The Morgan fingerprint density at radius 3 is 2.30 bits per heavy atom. The number of amides is 2. The first-order valence-electron chi connectivity index (χ1n) is 16.1. The molecule has 2 amide bonds. The molecule has 2 N–H and O–H groups in total. The van der Waals surface area contributed by atoms with E-state index in [1.165, 1.54) is 0 Å². The van der Waals surface area contributed by atoms with Gasteiger partial charge in [0.2, 0.25) is 5.91 Å². The predicted molar refractivity (Wildman–Crippen MR) is 181 cm³/mol. The number of carbonyl (C=O) groups is 2. The minimum Gasteiger partial charge on any atom is -0.371 e. The molecule has 9 heteroatoms. The lowest BCUT2D eigenvalue weighted by Crippen LogP contribution is -2.39. The average Bonchev–Trinajstić information content (AvgIpc) is 3.29. The van der Waals surface area contributed by atoms with Gasteiger partial charge >= 0.3 is 0 Å². The van der Waals surface area contributed by atoms with Crippen LogP contribution in [0.15, 0.2) is 24.3 Å². The highest BCUT2D eigenvalue weighted by Crippen LogP contribution is 2.34. The van der Waals surface area contributed by atoms with Crippen molar-refractivity contribution in [2.24, 2.45) is 24.3 Å². The number of aryl methyl sites for hydroxylation is 1. The van der Waals surface area contributed by atoms with Crippen molar-refractivity contribution < 1.29 is 9.59 Å². The number of anilines is 1. The summed E-state index contributed by atoms with van der Waals surface area (Å²) in [7, 11) is 2.00. The molecule has 1 saturated carbocycles. The molecule has 7 nitrogen and oxygen atoms in total. The van der Waals surface area contributed by atoms with Gasteiger partial charge in [-0.15, -0.1) is 0 Å². The average molecular weight is 641 g/mol. The number of hydrogen-bond donors (Lipinski definition) is 2. The summed E-state index contributed by atoms with van der Waals surface area (Å²) in [5.74, 6) is 2.16. The SMILES string of the molecule is CC1CCC(NC(=O)c2cc3nc(Cc4c(Cl)ccc(CNC(=O)C(C)(C)C)c4Cl)n(C)c3cc2N2CCC(C)CC2)CC1. The number of piperidine rings is 1. The molecule has 5 rings (SSSR count). The molecule has 0 bridgehead atoms. The van der Waals surface area contributed by atoms with Gasteiger partial charge in [-0.05, 0) is 79.7 Å². The van der Waals surface area contributed by atoms with Crippen LogP contribution in [-0.4, -0.2) is 40.5 Å². The van der Waals surface area contributed by atoms with Crippen molar-refractivity contribution in [3.05, 3.63) is 56.8 Å². The van der Waals surface area contributed by atoms with E-state index in [2.05, 4.69) is 40.0 Å². The number of benzene rings is 2. The number of rotatable bonds is 7. The Kier molecular flexibility index (Phi) is 9.86. The van der Waals surface area contributed by atoms with Crippen molar-refractivity contribution in [1.82, 2.24) is 20.2 Å². The maximum absolute atomic E-state index is 13.8. The molecule has 2 heterocycles. The molecule has 1 aliphatic heterocycles. The Morgan fingerprint density at radius 1 is 0.977 bits per heavy atom. The van der Waals surface area contributed by atoms with E-state index < -0.39 is 5.41 Å². The maximum atomic E-state index is 13.8. The number of aromatic nitrogens is 2. The van der Waals surface area contributed by atoms with Crippen molar-refractivity contribution in [2.45, 2.75) is 92.2 Å². The fraction of sp³-hybridized carbons (Fsp3) is 0.571. The zero-order chi connectivity index (χ0) is 31.8. The second-order valence-corrected chi connectivity index (χ2v) is 14.9. The quantitative estimate of drug-likeness (QED) is 0.278. The van der Waals surface area contributed by atoms with Crippen LogP contribution in [0.5, 0.6) is 0 Å². The van der Waals surface area contributed by atoms with E-state index in [9.17, 15) is 9.59 Å². The van der Waals surface area contributed by atoms with Crippen LogP contribution in [-0.2, 0) is 24.8 Å². The fourth-order valence-corrected chi connectivity index (χ4v) is 6.91. The van der Waals surface area contributed by atoms with Crippen LogP contribution < -0.4 is 15.5 Å². The van der Waals surface area contributed by atoms with E-state index >= 15 is 0 Å². The summed E-state index contributed by atoms with van der Waals surface area (Å²) >= 11 is 13.6. The van der Waals surface area contributed by atoms with Crippen LogP contribution >= 0.6 is 23.2 Å². The molecule has 1 aliphatic carbocycles. The number of nitrogens with zero attached hydrogens (tertiary/aromatic N) is 3. The summed E-state index contributed by atoms with van der Waals surface area (Å²) in [5, 5.41) is 7.42. The van der Waals surface area contributed by atoms with Gasteiger partial charge in [0.05, 0.1) is 27.3 Å². The molecule has 44 heavy (non-hydrogen) atoms. The molecular formula is C35H47Cl2N5O2. The van der Waals surface area contributed by atoms with E-state index in [4.69, 9.17) is 28.2 Å². The van der Waals surface area contributed by atoms with Gasteiger partial charge in [-0.2, -0.15) is 0 Å². The summed E-state index contributed by atoms with van der Waals surface area (Å²) < 4.78 is 2.08. The summed E-state index contributed by atoms with van der Waals surface area (Å²) in [6.07, 6.45) is 7.00. The summed E-state index contributed by atoms with van der Waals surface area (Å²) in [6.45, 7) is 12.4. The Balaban J connectivity index is 1.46. The Hall–Kier alpha value is -2.77. The smallest absolute Gasteiger partial charge is 0.253 e. The van der Waals surface area contributed by atoms with Crippen LogP contribution in [0, 0.1) is 17.3 Å². The minimum absolute atomic E-state index is 0.0108. The standard InChI is InChI=1S/C35H47Cl2N5O2/c1-21-7-10-24(11-8-21)39-33(43)26-17-28-30(19-29(26)42-15-13-22(2)14-16-42)41(6)31(40-28)18-25-27(36)12-9-23(32(25)37)20-38-34(44)35(3,4)5/h9,12,17,19,21-22,24H,7-8,10-11,13-16,18,20H2,1-6H3,(H,38,44)(H,39,43). The zero-order valence-electron chi connectivity index (χ0n) is 27.0. The lowest BCUT2D eigenvalue weighted by Gasteiger charge is -2.34. The lowest BCUT2D eigenvalue weighted by atomic mass is 9.87. The predicted octanol–water partition coefficient (Wildman–Crippen LogP) is 7.68. The van der Waals surface area contributed by atoms with Crippen molar-refractivity contribution in [2.75, 3.05) is 18.0 Å². The Bertz CT molecular complexity index is 1530. The summed E-state index contributed by atoms with van der Waals surface area (Å²) in [5.41, 5.74) is 4.50. The number of hydrogen-bond acceptors (Lipinski definition) is 4. The molecule has 238 valence electrons. The monoisotopic (exact) mass is 639 g/mol. The second kappa shape index (κ2) is 13.3. The van der Waals surface area contributed by atoms with Gasteiger partial charge in [-0.3, -0.25) is 9.59 Å². The fourth-order valence-electron chi connectivity index (χ4n) is 6.34. The molecule has 0 radical (unpaired) electrons. The van der Waals surface area contributed by atoms with Crippen molar-refractivity contribution in [3.63, 3.8) is 0 Å². The van der Waals surface area contributed by atoms with Gasteiger partial charge in [0.1, 0.15) is 5.82 Å². The van der Waals surface area contributed by atoms with Crippen LogP contribution in [0.3, 0.4) is 0 Å². The molecule has 0 unspecified atom stereocenters.